The zero-order valence-corrected chi connectivity index (χ0v) is 43.4. The third-order valence-electron chi connectivity index (χ3n) is 10.9. The summed E-state index contributed by atoms with van der Waals surface area (Å²) in [6, 6.07) is 14.3. The van der Waals surface area contributed by atoms with Crippen LogP contribution in [-0.4, -0.2) is 143 Å². The van der Waals surface area contributed by atoms with Crippen molar-refractivity contribution in [3.8, 4) is 22.9 Å². The number of hydrogen-bond donors (Lipinski definition) is 1. The van der Waals surface area contributed by atoms with Crippen molar-refractivity contribution in [1.29, 1.82) is 0 Å². The van der Waals surface area contributed by atoms with Crippen molar-refractivity contribution >= 4 is 52.7 Å². The molecule has 0 spiro atoms. The molecule has 2 fully saturated rings. The number of benzene rings is 2. The van der Waals surface area contributed by atoms with Crippen LogP contribution in [0.1, 0.15) is 87.0 Å². The molecule has 2 aromatic carbocycles. The Labute approximate surface area is 425 Å². The van der Waals surface area contributed by atoms with Gasteiger partial charge >= 0.3 is 18.2 Å². The average molecular weight is 1030 g/mol. The fourth-order valence-corrected chi connectivity index (χ4v) is 7.90. The van der Waals surface area contributed by atoms with E-state index in [9.17, 15) is 24.0 Å². The normalized spacial score (nSPS) is 14.1. The first-order valence-corrected chi connectivity index (χ1v) is 24.7. The number of nitrogens with zero attached hydrogens (tertiary/aromatic N) is 8. The van der Waals surface area contributed by atoms with Crippen LogP contribution < -0.4 is 30.4 Å². The van der Waals surface area contributed by atoms with Crippen LogP contribution in [0.3, 0.4) is 0 Å². The van der Waals surface area contributed by atoms with Gasteiger partial charge < -0.3 is 48.4 Å². The molecule has 0 atom stereocenters. The quantitative estimate of drug-likeness (QED) is 0.0617. The second-order valence-electron chi connectivity index (χ2n) is 18.8. The van der Waals surface area contributed by atoms with Gasteiger partial charge in [-0.2, -0.15) is 19.6 Å². The van der Waals surface area contributed by atoms with Gasteiger partial charge in [0.15, 0.2) is 0 Å². The molecule has 6 rings (SSSR count). The molecule has 21 heteroatoms. The molecule has 0 aliphatic carbocycles. The predicted molar refractivity (Wildman–Crippen MR) is 272 cm³/mol. The van der Waals surface area contributed by atoms with E-state index in [4.69, 9.17) is 52.0 Å². The van der Waals surface area contributed by atoms with Gasteiger partial charge in [0.25, 0.3) is 11.1 Å². The first-order valence-electron chi connectivity index (χ1n) is 24.0. The van der Waals surface area contributed by atoms with Crippen molar-refractivity contribution in [3.05, 3.63) is 91.7 Å². The molecule has 2 amide bonds. The van der Waals surface area contributed by atoms with Gasteiger partial charge in [0, 0.05) is 65.9 Å². The number of carbonyl (C=O) groups excluding carboxylic acids is 3. The van der Waals surface area contributed by atoms with E-state index in [0.29, 0.717) is 106 Å². The summed E-state index contributed by atoms with van der Waals surface area (Å²) in [5.74, 6) is 0.777. The maximum Gasteiger partial charge on any atom is 0.410 e. The second kappa shape index (κ2) is 26.4. The number of unbranched alkanes of at least 4 members (excludes halogenated alkanes) is 4. The van der Waals surface area contributed by atoms with Crippen LogP contribution in [0, 0.1) is 0 Å². The Balaban J connectivity index is 0.000000265. The van der Waals surface area contributed by atoms with Crippen LogP contribution >= 0.6 is 23.2 Å². The summed E-state index contributed by atoms with van der Waals surface area (Å²) < 4.78 is 30.1. The van der Waals surface area contributed by atoms with Crippen molar-refractivity contribution in [1.82, 2.24) is 29.4 Å². The van der Waals surface area contributed by atoms with E-state index >= 15 is 0 Å². The lowest BCUT2D eigenvalue weighted by molar-refractivity contribution is -0.141. The zero-order chi connectivity index (χ0) is 51.7. The molecule has 1 N–H and O–H groups in total. The smallest absolute Gasteiger partial charge is 0.410 e. The van der Waals surface area contributed by atoms with Crippen molar-refractivity contribution in [3.63, 3.8) is 0 Å². The maximum absolute atomic E-state index is 13.2. The Kier molecular flexibility index (Phi) is 20.8. The molecule has 4 heterocycles. The summed E-state index contributed by atoms with van der Waals surface area (Å²) in [7, 11) is 0. The van der Waals surface area contributed by atoms with Crippen molar-refractivity contribution in [2.45, 2.75) is 98.2 Å². The number of carbonyl (C=O) groups is 3. The number of aliphatic hydroxyl groups excluding tert-OH is 1. The van der Waals surface area contributed by atoms with Gasteiger partial charge in [0.1, 0.15) is 44.1 Å². The number of halogens is 2. The molecule has 19 nitrogen and oxygen atoms in total. The van der Waals surface area contributed by atoms with Gasteiger partial charge in [-0.25, -0.2) is 9.59 Å². The summed E-state index contributed by atoms with van der Waals surface area (Å²) in [5.41, 5.74) is 0.0690. The molecule has 2 aliphatic rings. The topological polar surface area (TPSA) is 200 Å². The van der Waals surface area contributed by atoms with E-state index in [2.05, 4.69) is 10.2 Å². The number of aliphatic hydroxyl groups is 1. The minimum Gasteiger partial charge on any atom is -0.491 e. The second-order valence-corrected chi connectivity index (χ2v) is 19.6. The largest absolute Gasteiger partial charge is 0.491 e. The highest BCUT2D eigenvalue weighted by Crippen LogP contribution is 2.28. The molecule has 0 radical (unpaired) electrons. The first-order chi connectivity index (χ1) is 33.8. The fourth-order valence-electron chi connectivity index (χ4n) is 7.41. The lowest BCUT2D eigenvalue weighted by Gasteiger charge is -2.36. The Morgan fingerprint density at radius 3 is 1.32 bits per heavy atom. The van der Waals surface area contributed by atoms with Gasteiger partial charge in [-0.1, -0.05) is 47.5 Å². The van der Waals surface area contributed by atoms with Crippen LogP contribution in [0.4, 0.5) is 21.0 Å². The molecule has 2 aliphatic heterocycles. The third kappa shape index (κ3) is 16.8. The number of amides is 2. The van der Waals surface area contributed by atoms with E-state index in [0.717, 1.165) is 38.5 Å². The minimum atomic E-state index is -0.558. The van der Waals surface area contributed by atoms with E-state index < -0.39 is 22.3 Å². The maximum atomic E-state index is 13.2. The Morgan fingerprint density at radius 2 is 0.944 bits per heavy atom. The van der Waals surface area contributed by atoms with Gasteiger partial charge in [0.05, 0.1) is 43.6 Å². The van der Waals surface area contributed by atoms with Crippen LogP contribution in [-0.2, 0) is 19.0 Å². The number of para-hydroxylation sites is 4. The Hall–Kier alpha value is -6.05. The third-order valence-corrected chi connectivity index (χ3v) is 11.7. The average Bonchev–Trinajstić information content (AvgIpc) is 3.32. The molecule has 0 unspecified atom stereocenters. The van der Waals surface area contributed by atoms with Crippen LogP contribution in [0.2, 0.25) is 10.0 Å². The van der Waals surface area contributed by atoms with Crippen molar-refractivity contribution < 1.29 is 43.2 Å². The van der Waals surface area contributed by atoms with E-state index in [-0.39, 0.29) is 34.8 Å². The number of esters is 1. The number of aromatic nitrogens is 4. The zero-order valence-electron chi connectivity index (χ0n) is 41.9. The molecule has 2 saturated heterocycles. The standard InChI is InChI=1S/C26H35ClN4O6.C24H33ClN4O5/c1-19(32)35-16-8-5-9-17-36-22-11-7-6-10-20(22)31-24(33)23(27)21(18-28-31)29-12-14-30(15-13-29)25(34)37-26(2,3)4;1-24(2,3)34-23(32)28-13-11-27(12-14-28)19-17-26-29(22(31)21(19)25)18-9-5-6-10-20(18)33-16-8-4-7-15-30/h6-7,10-11,18H,5,8-9,12-17H2,1-4H3;5-6,9-10,17,30H,4,7-8,11-16H2,1-3H3. The molecule has 2 aromatic heterocycles. The van der Waals surface area contributed by atoms with E-state index in [1.165, 1.54) is 16.3 Å². The van der Waals surface area contributed by atoms with Gasteiger partial charge in [-0.3, -0.25) is 14.4 Å². The molecule has 0 bridgehead atoms. The summed E-state index contributed by atoms with van der Waals surface area (Å²) in [6.45, 7) is 17.7. The number of piperazine rings is 2. The molecule has 4 aromatic rings. The molecular formula is C50H68Cl2N8O11. The summed E-state index contributed by atoms with van der Waals surface area (Å²) in [5, 5.41) is 17.8. The van der Waals surface area contributed by atoms with E-state index in [1.54, 1.807) is 58.6 Å². The summed E-state index contributed by atoms with van der Waals surface area (Å²) in [6.07, 6.45) is 7.20. The van der Waals surface area contributed by atoms with Crippen LogP contribution in [0.5, 0.6) is 11.5 Å². The molecule has 0 saturated carbocycles. The van der Waals surface area contributed by atoms with Crippen molar-refractivity contribution in [2.75, 3.05) is 88.6 Å². The first kappa shape index (κ1) is 55.9. The number of ether oxygens (including phenoxy) is 5. The minimum absolute atomic E-state index is 0.0565. The highest BCUT2D eigenvalue weighted by atomic mass is 35.5. The van der Waals surface area contributed by atoms with Crippen LogP contribution in [0.15, 0.2) is 70.5 Å². The van der Waals surface area contributed by atoms with Gasteiger partial charge in [-0.15, -0.1) is 0 Å². The monoisotopic (exact) mass is 1030 g/mol. The Morgan fingerprint density at radius 1 is 0.563 bits per heavy atom. The number of rotatable bonds is 17. The van der Waals surface area contributed by atoms with E-state index in [1.807, 2.05) is 63.5 Å². The fraction of sp³-hybridized carbons (Fsp3) is 0.540. The highest BCUT2D eigenvalue weighted by molar-refractivity contribution is 6.33. The molecule has 388 valence electrons. The number of hydrogen-bond acceptors (Lipinski definition) is 15. The highest BCUT2D eigenvalue weighted by Gasteiger charge is 2.30. The lowest BCUT2D eigenvalue weighted by atomic mass is 10.2. The van der Waals surface area contributed by atoms with Gasteiger partial charge in [-0.05, 0) is 104 Å². The molecule has 71 heavy (non-hydrogen) atoms. The van der Waals surface area contributed by atoms with Crippen LogP contribution in [0.25, 0.3) is 11.4 Å². The summed E-state index contributed by atoms with van der Waals surface area (Å²) in [4.78, 5) is 68.9. The SMILES string of the molecule is CC(=O)OCCCCCOc1ccccc1-n1ncc(N2CCN(C(=O)OC(C)(C)C)CC2)c(Cl)c1=O.CC(C)(C)OC(=O)N1CCN(c2cnn(-c3ccccc3OCCCCCO)c(=O)c2Cl)CC1. The Bertz CT molecular complexity index is 2510. The predicted octanol–water partition coefficient (Wildman–Crippen LogP) is 7.54. The summed E-state index contributed by atoms with van der Waals surface area (Å²) >= 11 is 13.0. The van der Waals surface area contributed by atoms with Gasteiger partial charge in [0.2, 0.25) is 0 Å². The molecular weight excluding hydrogens is 960 g/mol. The number of anilines is 2. The van der Waals surface area contributed by atoms with Crippen molar-refractivity contribution in [2.24, 2.45) is 0 Å². The lowest BCUT2D eigenvalue weighted by Crippen LogP contribution is -2.50.